The largest absolute Gasteiger partial charge is 0.481 e. The number of nitrogens with zero attached hydrogens (tertiary/aromatic N) is 2. The zero-order valence-electron chi connectivity index (χ0n) is 17.1. The molecule has 11 heteroatoms. The highest BCUT2D eigenvalue weighted by molar-refractivity contribution is 7.14. The Morgan fingerprint density at radius 3 is 2.44 bits per heavy atom. The van der Waals surface area contributed by atoms with E-state index in [-0.39, 0.29) is 47.2 Å². The van der Waals surface area contributed by atoms with Gasteiger partial charge in [-0.2, -0.15) is 4.98 Å². The minimum atomic E-state index is -1.03. The fourth-order valence-corrected chi connectivity index (χ4v) is 3.31. The lowest BCUT2D eigenvalue weighted by Gasteiger charge is -2.13. The molecule has 0 bridgehead atoms. The molecule has 0 aliphatic rings. The molecule has 2 heterocycles. The van der Waals surface area contributed by atoms with Crippen LogP contribution in [-0.2, 0) is 17.8 Å². The molecule has 1 aromatic carbocycles. The van der Waals surface area contributed by atoms with Crippen molar-refractivity contribution in [3.63, 3.8) is 0 Å². The van der Waals surface area contributed by atoms with E-state index in [0.717, 1.165) is 29.5 Å². The first kappa shape index (κ1) is 23.1. The number of anilines is 1. The van der Waals surface area contributed by atoms with Gasteiger partial charge < -0.3 is 14.6 Å². The number of carboxylic acids is 1. The Morgan fingerprint density at radius 2 is 1.78 bits per heavy atom. The van der Waals surface area contributed by atoms with Gasteiger partial charge >= 0.3 is 5.97 Å². The summed E-state index contributed by atoms with van der Waals surface area (Å²) in [6.45, 7) is 3.38. The fraction of sp³-hybridized carbons (Fsp3) is 0.238. The molecule has 1 amide bonds. The Kier molecular flexibility index (Phi) is 7.31. The number of carbonyl (C=O) groups is 2. The number of thiazole rings is 1. The maximum absolute atomic E-state index is 13.4. The Hall–Kier alpha value is -3.60. The number of aliphatic carboxylic acids is 1. The molecule has 0 radical (unpaired) electrons. The van der Waals surface area contributed by atoms with Gasteiger partial charge in [0.25, 0.3) is 5.91 Å². The van der Waals surface area contributed by atoms with Gasteiger partial charge in [-0.05, 0) is 31.5 Å². The van der Waals surface area contributed by atoms with Crippen molar-refractivity contribution in [3.05, 3.63) is 64.2 Å². The van der Waals surface area contributed by atoms with E-state index in [2.05, 4.69) is 15.3 Å². The second kappa shape index (κ2) is 10.1. The van der Waals surface area contributed by atoms with Gasteiger partial charge in [0.05, 0.1) is 23.8 Å². The number of amides is 1. The molecule has 0 saturated carbocycles. The van der Waals surface area contributed by atoms with Crippen molar-refractivity contribution in [2.45, 2.75) is 33.0 Å². The number of halogens is 2. The number of pyridine rings is 1. The standard InChI is InChI=1S/C21H19F2N3O5S/c1-11(2)31-18-6-13(20(29)26-21-24-16(10-32-21)8-19(27)28)5-17(25-18)30-9-12-3-14(22)7-15(23)4-12/h3-7,10-11H,8-9H2,1-2H3,(H,27,28)(H,24,26,29). The third kappa shape index (κ3) is 6.71. The van der Waals surface area contributed by atoms with Crippen LogP contribution in [-0.4, -0.2) is 33.1 Å². The molecule has 168 valence electrons. The number of carbonyl (C=O) groups excluding carboxylic acids is 1. The van der Waals surface area contributed by atoms with E-state index in [1.54, 1.807) is 13.8 Å². The van der Waals surface area contributed by atoms with Crippen molar-refractivity contribution in [1.29, 1.82) is 0 Å². The van der Waals surface area contributed by atoms with Gasteiger partial charge in [0, 0.05) is 23.6 Å². The van der Waals surface area contributed by atoms with Gasteiger partial charge in [0.15, 0.2) is 5.13 Å². The minimum absolute atomic E-state index is 0.0173. The number of aromatic nitrogens is 2. The maximum Gasteiger partial charge on any atom is 0.309 e. The van der Waals surface area contributed by atoms with Gasteiger partial charge in [0.2, 0.25) is 11.8 Å². The highest BCUT2D eigenvalue weighted by Gasteiger charge is 2.15. The number of carboxylic acid groups (broad SMARTS) is 1. The normalized spacial score (nSPS) is 10.8. The van der Waals surface area contributed by atoms with E-state index in [1.807, 2.05) is 0 Å². The summed E-state index contributed by atoms with van der Waals surface area (Å²) in [5.74, 6) is -2.91. The Balaban J connectivity index is 1.78. The third-order valence-corrected chi connectivity index (χ3v) is 4.62. The monoisotopic (exact) mass is 463 g/mol. The van der Waals surface area contributed by atoms with Crippen LogP contribution in [0.4, 0.5) is 13.9 Å². The molecule has 0 saturated heterocycles. The number of hydrogen-bond acceptors (Lipinski definition) is 7. The van der Waals surface area contributed by atoms with Crippen molar-refractivity contribution in [2.75, 3.05) is 5.32 Å². The average Bonchev–Trinajstić information content (AvgIpc) is 3.11. The SMILES string of the molecule is CC(C)Oc1cc(C(=O)Nc2nc(CC(=O)O)cs2)cc(OCc2cc(F)cc(F)c2)n1. The zero-order chi connectivity index (χ0) is 23.3. The first-order valence-corrected chi connectivity index (χ1v) is 10.3. The number of hydrogen-bond donors (Lipinski definition) is 2. The minimum Gasteiger partial charge on any atom is -0.481 e. The van der Waals surface area contributed by atoms with E-state index in [1.165, 1.54) is 17.5 Å². The summed E-state index contributed by atoms with van der Waals surface area (Å²) >= 11 is 1.09. The molecule has 2 aromatic heterocycles. The second-order valence-corrected chi connectivity index (χ2v) is 7.79. The second-order valence-electron chi connectivity index (χ2n) is 6.93. The molecule has 8 nitrogen and oxygen atoms in total. The Morgan fingerprint density at radius 1 is 1.09 bits per heavy atom. The van der Waals surface area contributed by atoms with Gasteiger partial charge in [-0.15, -0.1) is 11.3 Å². The van der Waals surface area contributed by atoms with Crippen LogP contribution in [0.15, 0.2) is 35.7 Å². The summed E-state index contributed by atoms with van der Waals surface area (Å²) in [5.41, 5.74) is 0.716. The van der Waals surface area contributed by atoms with E-state index in [0.29, 0.717) is 5.69 Å². The number of rotatable bonds is 9. The quantitative estimate of drug-likeness (QED) is 0.492. The summed E-state index contributed by atoms with van der Waals surface area (Å²) in [6.07, 6.45) is -0.490. The summed E-state index contributed by atoms with van der Waals surface area (Å²) in [5, 5.41) is 13.2. The van der Waals surface area contributed by atoms with Gasteiger partial charge in [0.1, 0.15) is 18.2 Å². The predicted molar refractivity (Wildman–Crippen MR) is 112 cm³/mol. The highest BCUT2D eigenvalue weighted by Crippen LogP contribution is 2.23. The lowest BCUT2D eigenvalue weighted by molar-refractivity contribution is -0.136. The third-order valence-electron chi connectivity index (χ3n) is 3.81. The smallest absolute Gasteiger partial charge is 0.309 e. The number of benzene rings is 1. The molecule has 3 rings (SSSR count). The van der Waals surface area contributed by atoms with Crippen molar-refractivity contribution < 1.29 is 33.0 Å². The molecular formula is C21H19F2N3O5S. The average molecular weight is 463 g/mol. The van der Waals surface area contributed by atoms with Crippen LogP contribution in [0.5, 0.6) is 11.8 Å². The lowest BCUT2D eigenvalue weighted by Crippen LogP contribution is -2.14. The van der Waals surface area contributed by atoms with Crippen molar-refractivity contribution in [3.8, 4) is 11.8 Å². The molecule has 0 unspecified atom stereocenters. The van der Waals surface area contributed by atoms with Crippen LogP contribution in [0.3, 0.4) is 0 Å². The van der Waals surface area contributed by atoms with Gasteiger partial charge in [-0.3, -0.25) is 14.9 Å². The van der Waals surface area contributed by atoms with E-state index < -0.39 is 23.5 Å². The van der Waals surface area contributed by atoms with Crippen LogP contribution in [0.25, 0.3) is 0 Å². The molecular weight excluding hydrogens is 444 g/mol. The highest BCUT2D eigenvalue weighted by atomic mass is 32.1. The first-order valence-electron chi connectivity index (χ1n) is 9.42. The maximum atomic E-state index is 13.4. The van der Waals surface area contributed by atoms with E-state index in [4.69, 9.17) is 14.6 Å². The van der Waals surface area contributed by atoms with E-state index >= 15 is 0 Å². The predicted octanol–water partition coefficient (Wildman–Crippen LogP) is 4.06. The topological polar surface area (TPSA) is 111 Å². The molecule has 0 atom stereocenters. The summed E-state index contributed by atoms with van der Waals surface area (Å²) in [4.78, 5) is 31.7. The molecule has 3 aromatic rings. The van der Waals surface area contributed by atoms with Crippen LogP contribution < -0.4 is 14.8 Å². The van der Waals surface area contributed by atoms with Crippen molar-refractivity contribution >= 4 is 28.3 Å². The molecule has 2 N–H and O–H groups in total. The Labute approximate surface area is 185 Å². The molecule has 0 fully saturated rings. The lowest BCUT2D eigenvalue weighted by atomic mass is 10.2. The molecule has 0 aliphatic heterocycles. The van der Waals surface area contributed by atoms with Crippen LogP contribution in [0.2, 0.25) is 0 Å². The molecule has 0 spiro atoms. The van der Waals surface area contributed by atoms with Crippen molar-refractivity contribution in [1.82, 2.24) is 9.97 Å². The van der Waals surface area contributed by atoms with Crippen LogP contribution in [0.1, 0.15) is 35.5 Å². The Bertz CT molecular complexity index is 1120. The van der Waals surface area contributed by atoms with Gasteiger partial charge in [-0.25, -0.2) is 13.8 Å². The van der Waals surface area contributed by atoms with Crippen LogP contribution in [0, 0.1) is 11.6 Å². The number of nitrogens with one attached hydrogen (secondary N) is 1. The first-order chi connectivity index (χ1) is 15.2. The van der Waals surface area contributed by atoms with Crippen LogP contribution >= 0.6 is 11.3 Å². The summed E-state index contributed by atoms with van der Waals surface area (Å²) in [7, 11) is 0. The van der Waals surface area contributed by atoms with Gasteiger partial charge in [-0.1, -0.05) is 0 Å². The fourth-order valence-electron chi connectivity index (χ4n) is 2.61. The summed E-state index contributed by atoms with van der Waals surface area (Å²) < 4.78 is 37.9. The zero-order valence-corrected chi connectivity index (χ0v) is 17.9. The van der Waals surface area contributed by atoms with Crippen molar-refractivity contribution in [2.24, 2.45) is 0 Å². The molecule has 32 heavy (non-hydrogen) atoms. The number of ether oxygens (including phenoxy) is 2. The van der Waals surface area contributed by atoms with E-state index in [9.17, 15) is 18.4 Å². The summed E-state index contributed by atoms with van der Waals surface area (Å²) in [6, 6.07) is 5.77. The molecule has 0 aliphatic carbocycles.